The van der Waals surface area contributed by atoms with Gasteiger partial charge in [-0.1, -0.05) is 13.8 Å². The highest BCUT2D eigenvalue weighted by atomic mass is 16.5. The summed E-state index contributed by atoms with van der Waals surface area (Å²) >= 11 is 0. The number of piperidine rings is 1. The van der Waals surface area contributed by atoms with Gasteiger partial charge in [-0.25, -0.2) is 0 Å². The second-order valence-corrected chi connectivity index (χ2v) is 7.19. The topological polar surface area (TPSA) is 74.8 Å². The third kappa shape index (κ3) is 2.81. The molecule has 1 saturated carbocycles. The molecule has 1 amide bonds. The van der Waals surface area contributed by atoms with Crippen molar-refractivity contribution < 1.29 is 9.53 Å². The van der Waals surface area contributed by atoms with Crippen LogP contribution in [0.3, 0.4) is 0 Å². The minimum Gasteiger partial charge on any atom is -0.377 e. The minimum atomic E-state index is 0.137. The fourth-order valence-corrected chi connectivity index (χ4v) is 4.10. The van der Waals surface area contributed by atoms with Gasteiger partial charge in [0.1, 0.15) is 0 Å². The van der Waals surface area contributed by atoms with E-state index >= 15 is 0 Å². The molecule has 0 aromatic heterocycles. The lowest BCUT2D eigenvalue weighted by molar-refractivity contribution is -0.122. The Bertz CT molecular complexity index is 453. The number of guanidine groups is 1. The normalized spacial score (nSPS) is 37.0. The van der Waals surface area contributed by atoms with Crippen LogP contribution in [-0.4, -0.2) is 49.8 Å². The zero-order valence-electron chi connectivity index (χ0n) is 13.8. The predicted molar refractivity (Wildman–Crippen MR) is 85.7 cm³/mol. The van der Waals surface area contributed by atoms with E-state index < -0.39 is 0 Å². The molecule has 0 aromatic carbocycles. The molecule has 2 heterocycles. The van der Waals surface area contributed by atoms with Crippen LogP contribution in [0.4, 0.5) is 0 Å². The number of amides is 1. The quantitative estimate of drug-likeness (QED) is 0.528. The van der Waals surface area contributed by atoms with Gasteiger partial charge >= 0.3 is 0 Å². The molecule has 4 atom stereocenters. The first-order valence-corrected chi connectivity index (χ1v) is 8.48. The monoisotopic (exact) mass is 308 g/mol. The molecule has 3 fully saturated rings. The Morgan fingerprint density at radius 1 is 1.41 bits per heavy atom. The van der Waals surface area contributed by atoms with E-state index in [-0.39, 0.29) is 17.4 Å². The van der Waals surface area contributed by atoms with Crippen LogP contribution in [0.15, 0.2) is 4.99 Å². The van der Waals surface area contributed by atoms with Gasteiger partial charge in [-0.2, -0.15) is 0 Å². The molecular formula is C16H28N4O2. The number of nitrogens with zero attached hydrogens (tertiary/aromatic N) is 1. The molecule has 0 aromatic rings. The van der Waals surface area contributed by atoms with E-state index in [0.29, 0.717) is 31.0 Å². The molecular weight excluding hydrogens is 280 g/mol. The van der Waals surface area contributed by atoms with Crippen LogP contribution < -0.4 is 16.0 Å². The fraction of sp³-hybridized carbons (Fsp3) is 0.875. The van der Waals surface area contributed by atoms with Crippen LogP contribution in [-0.2, 0) is 9.53 Å². The molecule has 6 heteroatoms. The van der Waals surface area contributed by atoms with Crippen molar-refractivity contribution in [1.29, 1.82) is 0 Å². The van der Waals surface area contributed by atoms with Crippen LogP contribution in [0.25, 0.3) is 0 Å². The summed E-state index contributed by atoms with van der Waals surface area (Å²) in [4.78, 5) is 15.8. The van der Waals surface area contributed by atoms with Gasteiger partial charge in [0.05, 0.1) is 6.10 Å². The number of ether oxygens (including phenoxy) is 1. The van der Waals surface area contributed by atoms with Crippen LogP contribution in [0, 0.1) is 11.3 Å². The first kappa shape index (κ1) is 15.6. The first-order valence-electron chi connectivity index (χ1n) is 8.48. The number of hydrogen-bond acceptors (Lipinski definition) is 3. The number of carbonyl (C=O) groups is 1. The Hall–Kier alpha value is -1.30. The second-order valence-electron chi connectivity index (χ2n) is 7.19. The predicted octanol–water partition coefficient (Wildman–Crippen LogP) is 0.634. The minimum absolute atomic E-state index is 0.137. The summed E-state index contributed by atoms with van der Waals surface area (Å²) in [6, 6.07) is 0.658. The van der Waals surface area contributed by atoms with Crippen LogP contribution in [0.2, 0.25) is 0 Å². The van der Waals surface area contributed by atoms with Crippen molar-refractivity contribution in [3.8, 4) is 0 Å². The maximum atomic E-state index is 11.3. The smallest absolute Gasteiger partial charge is 0.220 e. The molecule has 2 saturated heterocycles. The van der Waals surface area contributed by atoms with E-state index in [9.17, 15) is 4.79 Å². The van der Waals surface area contributed by atoms with Crippen molar-refractivity contribution in [2.75, 3.05) is 19.7 Å². The molecule has 2 aliphatic heterocycles. The van der Waals surface area contributed by atoms with E-state index in [4.69, 9.17) is 4.74 Å². The van der Waals surface area contributed by atoms with Crippen molar-refractivity contribution in [1.82, 2.24) is 16.0 Å². The Morgan fingerprint density at radius 2 is 2.23 bits per heavy atom. The zero-order valence-corrected chi connectivity index (χ0v) is 13.8. The molecule has 3 rings (SSSR count). The molecule has 22 heavy (non-hydrogen) atoms. The van der Waals surface area contributed by atoms with Crippen molar-refractivity contribution in [3.63, 3.8) is 0 Å². The van der Waals surface area contributed by atoms with Crippen LogP contribution in [0.5, 0.6) is 0 Å². The van der Waals surface area contributed by atoms with Gasteiger partial charge in [0, 0.05) is 49.5 Å². The summed E-state index contributed by atoms with van der Waals surface area (Å²) < 4.78 is 5.85. The SMILES string of the molecule is CCN=C(NC1CCC(=O)NC1)NC1C2CCOC2C1(C)C. The van der Waals surface area contributed by atoms with Crippen molar-refractivity contribution in [2.24, 2.45) is 16.3 Å². The van der Waals surface area contributed by atoms with Crippen LogP contribution in [0.1, 0.15) is 40.0 Å². The lowest BCUT2D eigenvalue weighted by Gasteiger charge is -2.55. The lowest BCUT2D eigenvalue weighted by Crippen LogP contribution is -2.68. The maximum Gasteiger partial charge on any atom is 0.220 e. The van der Waals surface area contributed by atoms with Gasteiger partial charge in [0.15, 0.2) is 5.96 Å². The summed E-state index contributed by atoms with van der Waals surface area (Å²) in [6.07, 6.45) is 2.95. The molecule has 4 unspecified atom stereocenters. The summed E-state index contributed by atoms with van der Waals surface area (Å²) in [7, 11) is 0. The Balaban J connectivity index is 1.60. The third-order valence-electron chi connectivity index (χ3n) is 5.32. The lowest BCUT2D eigenvalue weighted by atomic mass is 9.57. The standard InChI is InChI=1S/C16H28N4O2/c1-4-17-15(19-10-5-6-12(21)18-9-10)20-13-11-7-8-22-14(11)16(13,2)3/h10-11,13-14H,4-9H2,1-3H3,(H,18,21)(H2,17,19,20). The highest BCUT2D eigenvalue weighted by molar-refractivity contribution is 5.81. The Labute approximate surface area is 132 Å². The van der Waals surface area contributed by atoms with Gasteiger partial charge in [-0.05, 0) is 19.8 Å². The average molecular weight is 308 g/mol. The molecule has 0 spiro atoms. The van der Waals surface area contributed by atoms with Gasteiger partial charge in [0.2, 0.25) is 5.91 Å². The number of aliphatic imine (C=N–C) groups is 1. The van der Waals surface area contributed by atoms with Crippen molar-refractivity contribution in [2.45, 2.75) is 58.2 Å². The van der Waals surface area contributed by atoms with Gasteiger partial charge in [-0.15, -0.1) is 0 Å². The van der Waals surface area contributed by atoms with E-state index in [1.165, 1.54) is 0 Å². The fourth-order valence-electron chi connectivity index (χ4n) is 4.10. The molecule has 3 N–H and O–H groups in total. The van der Waals surface area contributed by atoms with Crippen molar-refractivity contribution in [3.05, 3.63) is 0 Å². The Morgan fingerprint density at radius 3 is 2.91 bits per heavy atom. The van der Waals surface area contributed by atoms with E-state index in [1.807, 2.05) is 6.92 Å². The average Bonchev–Trinajstić information content (AvgIpc) is 2.94. The number of rotatable bonds is 3. The van der Waals surface area contributed by atoms with Crippen LogP contribution >= 0.6 is 0 Å². The third-order valence-corrected chi connectivity index (χ3v) is 5.32. The number of hydrogen-bond donors (Lipinski definition) is 3. The molecule has 6 nitrogen and oxygen atoms in total. The number of fused-ring (bicyclic) bond motifs is 1. The van der Waals surface area contributed by atoms with Gasteiger partial charge < -0.3 is 20.7 Å². The molecule has 0 radical (unpaired) electrons. The molecule has 124 valence electrons. The van der Waals surface area contributed by atoms with Gasteiger partial charge in [-0.3, -0.25) is 9.79 Å². The zero-order chi connectivity index (χ0) is 15.7. The highest BCUT2D eigenvalue weighted by Crippen LogP contribution is 2.52. The van der Waals surface area contributed by atoms with Gasteiger partial charge in [0.25, 0.3) is 0 Å². The highest BCUT2D eigenvalue weighted by Gasteiger charge is 2.59. The van der Waals surface area contributed by atoms with E-state index in [0.717, 1.165) is 32.0 Å². The second kappa shape index (κ2) is 6.07. The molecule has 0 bridgehead atoms. The summed E-state index contributed by atoms with van der Waals surface area (Å²) in [5.41, 5.74) is 0.137. The summed E-state index contributed by atoms with van der Waals surface area (Å²) in [5.74, 6) is 1.60. The summed E-state index contributed by atoms with van der Waals surface area (Å²) in [5, 5.41) is 10.0. The number of carbonyl (C=O) groups excluding carboxylic acids is 1. The summed E-state index contributed by atoms with van der Waals surface area (Å²) in [6.45, 7) is 8.86. The van der Waals surface area contributed by atoms with E-state index in [2.05, 4.69) is 34.8 Å². The van der Waals surface area contributed by atoms with E-state index in [1.54, 1.807) is 0 Å². The molecule has 3 aliphatic rings. The van der Waals surface area contributed by atoms with Crippen molar-refractivity contribution >= 4 is 11.9 Å². The first-order chi connectivity index (χ1) is 10.5. The number of nitrogens with one attached hydrogen (secondary N) is 3. The largest absolute Gasteiger partial charge is 0.377 e. The molecule has 1 aliphatic carbocycles. The maximum absolute atomic E-state index is 11.3. The Kier molecular flexibility index (Phi) is 4.30.